The van der Waals surface area contributed by atoms with Crippen LogP contribution in [0.3, 0.4) is 0 Å². The first kappa shape index (κ1) is 23.2. The van der Waals surface area contributed by atoms with Crippen LogP contribution < -0.4 is 5.48 Å². The molecule has 1 saturated carbocycles. The molecular formula is C21H24BrClN2O4S. The molecule has 2 aromatic rings. The number of carbonyl (C=O) groups excluding carboxylic acids is 1. The molecule has 2 N–H and O–H groups in total. The summed E-state index contributed by atoms with van der Waals surface area (Å²) in [7, 11) is -3.70. The van der Waals surface area contributed by atoms with Gasteiger partial charge in [-0.2, -0.15) is 4.31 Å². The highest BCUT2D eigenvalue weighted by atomic mass is 79.9. The van der Waals surface area contributed by atoms with Crippen molar-refractivity contribution in [2.75, 3.05) is 6.54 Å². The maximum atomic E-state index is 13.4. The average Bonchev–Trinajstić information content (AvgIpc) is 2.75. The van der Waals surface area contributed by atoms with Gasteiger partial charge in [-0.05, 0) is 73.6 Å². The van der Waals surface area contributed by atoms with Gasteiger partial charge in [-0.15, -0.1) is 0 Å². The highest BCUT2D eigenvalue weighted by Crippen LogP contribution is 2.31. The minimum absolute atomic E-state index is 0.144. The molecule has 3 rings (SSSR count). The van der Waals surface area contributed by atoms with E-state index in [1.54, 1.807) is 41.9 Å². The summed E-state index contributed by atoms with van der Waals surface area (Å²) in [6.07, 6.45) is 2.71. The molecule has 0 atom stereocenters. The molecule has 6 nitrogen and oxygen atoms in total. The van der Waals surface area contributed by atoms with Crippen molar-refractivity contribution in [2.24, 2.45) is 11.8 Å². The van der Waals surface area contributed by atoms with Gasteiger partial charge in [-0.3, -0.25) is 10.0 Å². The number of hydrogen-bond donors (Lipinski definition) is 2. The van der Waals surface area contributed by atoms with E-state index >= 15 is 0 Å². The van der Waals surface area contributed by atoms with E-state index in [0.29, 0.717) is 24.4 Å². The zero-order valence-corrected chi connectivity index (χ0v) is 19.5. The molecule has 0 radical (unpaired) electrons. The second-order valence-corrected chi connectivity index (χ2v) is 10.9. The van der Waals surface area contributed by atoms with Gasteiger partial charge >= 0.3 is 0 Å². The van der Waals surface area contributed by atoms with Crippen LogP contribution in [0.25, 0.3) is 0 Å². The fourth-order valence-electron chi connectivity index (χ4n) is 3.78. The molecule has 2 aromatic carbocycles. The molecule has 1 fully saturated rings. The molecule has 0 unspecified atom stereocenters. The molecule has 1 amide bonds. The summed E-state index contributed by atoms with van der Waals surface area (Å²) in [4.78, 5) is 11.9. The van der Waals surface area contributed by atoms with E-state index in [-0.39, 0.29) is 29.2 Å². The van der Waals surface area contributed by atoms with E-state index in [1.165, 1.54) is 4.31 Å². The molecule has 0 spiro atoms. The molecule has 0 saturated heterocycles. The SMILES string of the molecule is O=C(NO)C1CCC(CN(Cc2ccc(Cl)cc2)S(=O)(=O)c2ccc(Br)cc2)CC1. The molecule has 0 aromatic heterocycles. The minimum Gasteiger partial charge on any atom is -0.289 e. The lowest BCUT2D eigenvalue weighted by Gasteiger charge is -2.31. The Hall–Kier alpha value is -1.45. The van der Waals surface area contributed by atoms with Gasteiger partial charge in [0, 0.05) is 28.5 Å². The van der Waals surface area contributed by atoms with Crippen molar-refractivity contribution >= 4 is 43.5 Å². The van der Waals surface area contributed by atoms with Crippen molar-refractivity contribution in [3.8, 4) is 0 Å². The van der Waals surface area contributed by atoms with Crippen molar-refractivity contribution in [2.45, 2.75) is 37.1 Å². The number of halogens is 2. The van der Waals surface area contributed by atoms with Gasteiger partial charge < -0.3 is 0 Å². The maximum Gasteiger partial charge on any atom is 0.246 e. The summed E-state index contributed by atoms with van der Waals surface area (Å²) in [5, 5.41) is 9.43. The van der Waals surface area contributed by atoms with E-state index in [1.807, 2.05) is 12.1 Å². The molecule has 0 heterocycles. The van der Waals surface area contributed by atoms with Gasteiger partial charge in [0.05, 0.1) is 4.90 Å². The summed E-state index contributed by atoms with van der Waals surface area (Å²) < 4.78 is 29.1. The normalized spacial score (nSPS) is 19.6. The van der Waals surface area contributed by atoms with Gasteiger partial charge in [0.2, 0.25) is 15.9 Å². The molecule has 0 bridgehead atoms. The number of hydroxylamine groups is 1. The van der Waals surface area contributed by atoms with Crippen LogP contribution in [0.4, 0.5) is 0 Å². The number of amides is 1. The number of nitrogens with one attached hydrogen (secondary N) is 1. The number of nitrogens with zero attached hydrogens (tertiary/aromatic N) is 1. The Bertz CT molecular complexity index is 960. The Labute approximate surface area is 190 Å². The number of carbonyl (C=O) groups is 1. The van der Waals surface area contributed by atoms with E-state index in [4.69, 9.17) is 16.8 Å². The van der Waals surface area contributed by atoms with Gasteiger partial charge in [-0.25, -0.2) is 13.9 Å². The molecule has 30 heavy (non-hydrogen) atoms. The van der Waals surface area contributed by atoms with Crippen LogP contribution in [0.5, 0.6) is 0 Å². The van der Waals surface area contributed by atoms with E-state index in [0.717, 1.165) is 22.9 Å². The van der Waals surface area contributed by atoms with Crippen molar-refractivity contribution < 1.29 is 18.4 Å². The van der Waals surface area contributed by atoms with E-state index < -0.39 is 10.0 Å². The monoisotopic (exact) mass is 514 g/mol. The third-order valence-electron chi connectivity index (χ3n) is 5.51. The van der Waals surface area contributed by atoms with E-state index in [2.05, 4.69) is 15.9 Å². The Kier molecular flexibility index (Phi) is 7.92. The highest BCUT2D eigenvalue weighted by molar-refractivity contribution is 9.10. The highest BCUT2D eigenvalue weighted by Gasteiger charge is 2.31. The minimum atomic E-state index is -3.70. The second-order valence-electron chi connectivity index (χ2n) is 7.57. The Morgan fingerprint density at radius 3 is 2.23 bits per heavy atom. The quantitative estimate of drug-likeness (QED) is 0.417. The van der Waals surface area contributed by atoms with Crippen molar-refractivity contribution in [3.63, 3.8) is 0 Å². The largest absolute Gasteiger partial charge is 0.289 e. The van der Waals surface area contributed by atoms with Gasteiger partial charge in [0.25, 0.3) is 0 Å². The predicted octanol–water partition coefficient (Wildman–Crippen LogP) is 4.61. The molecule has 0 aliphatic heterocycles. The zero-order chi connectivity index (χ0) is 21.7. The lowest BCUT2D eigenvalue weighted by molar-refractivity contribution is -0.134. The standard InChI is InChI=1S/C21H24BrClN2O4S/c22-18-7-11-20(12-8-18)30(28,29)25(14-16-3-9-19(23)10-4-16)13-15-1-5-17(6-2-15)21(26)24-27/h3-4,7-12,15,17,27H,1-2,5-6,13-14H2,(H,24,26). The van der Waals surface area contributed by atoms with Crippen LogP contribution in [0.1, 0.15) is 31.2 Å². The van der Waals surface area contributed by atoms with Gasteiger partial charge in [-0.1, -0.05) is 39.7 Å². The topological polar surface area (TPSA) is 86.7 Å². The Morgan fingerprint density at radius 1 is 1.07 bits per heavy atom. The number of benzene rings is 2. The second kappa shape index (κ2) is 10.2. The maximum absolute atomic E-state index is 13.4. The van der Waals surface area contributed by atoms with Gasteiger partial charge in [0.1, 0.15) is 0 Å². The first-order valence-corrected chi connectivity index (χ1v) is 12.3. The lowest BCUT2D eigenvalue weighted by Crippen LogP contribution is -2.38. The van der Waals surface area contributed by atoms with Gasteiger partial charge in [0.15, 0.2) is 0 Å². The van der Waals surface area contributed by atoms with Crippen molar-refractivity contribution in [1.82, 2.24) is 9.79 Å². The smallest absolute Gasteiger partial charge is 0.246 e. The van der Waals surface area contributed by atoms with Crippen LogP contribution in [-0.2, 0) is 21.4 Å². The van der Waals surface area contributed by atoms with Crippen LogP contribution >= 0.6 is 27.5 Å². The lowest BCUT2D eigenvalue weighted by atomic mass is 9.81. The summed E-state index contributed by atoms with van der Waals surface area (Å²) >= 11 is 9.31. The molecule has 1 aliphatic rings. The summed E-state index contributed by atoms with van der Waals surface area (Å²) in [5.74, 6) is -0.446. The summed E-state index contributed by atoms with van der Waals surface area (Å²) in [6.45, 7) is 0.612. The Morgan fingerprint density at radius 2 is 1.67 bits per heavy atom. The first-order valence-electron chi connectivity index (χ1n) is 9.73. The number of hydrogen-bond acceptors (Lipinski definition) is 4. The number of rotatable bonds is 7. The van der Waals surface area contributed by atoms with Crippen LogP contribution in [0, 0.1) is 11.8 Å². The van der Waals surface area contributed by atoms with Crippen LogP contribution in [0.2, 0.25) is 5.02 Å². The van der Waals surface area contributed by atoms with Crippen LogP contribution in [-0.4, -0.2) is 30.4 Å². The molecular weight excluding hydrogens is 492 g/mol. The Balaban J connectivity index is 1.80. The van der Waals surface area contributed by atoms with Crippen LogP contribution in [0.15, 0.2) is 57.9 Å². The fraction of sp³-hybridized carbons (Fsp3) is 0.381. The average molecular weight is 516 g/mol. The fourth-order valence-corrected chi connectivity index (χ4v) is 5.68. The van der Waals surface area contributed by atoms with E-state index in [9.17, 15) is 13.2 Å². The first-order chi connectivity index (χ1) is 14.3. The van der Waals surface area contributed by atoms with Crippen molar-refractivity contribution in [3.05, 3.63) is 63.6 Å². The summed E-state index contributed by atoms with van der Waals surface area (Å²) in [5.41, 5.74) is 2.57. The third kappa shape index (κ3) is 5.82. The van der Waals surface area contributed by atoms with Crippen molar-refractivity contribution in [1.29, 1.82) is 0 Å². The molecule has 1 aliphatic carbocycles. The molecule has 9 heteroatoms. The summed E-state index contributed by atoms with van der Waals surface area (Å²) in [6, 6.07) is 13.8. The predicted molar refractivity (Wildman–Crippen MR) is 119 cm³/mol. The molecule has 162 valence electrons. The number of sulfonamides is 1. The zero-order valence-electron chi connectivity index (χ0n) is 16.3. The third-order valence-corrected chi connectivity index (χ3v) is 8.12.